The molecule has 28 nitrogen and oxygen atoms in total. The number of hydrogen-bond donors (Lipinski definition) is 7. The molecule has 13 aliphatic rings. The van der Waals surface area contributed by atoms with E-state index in [0.29, 0.717) is 38.6 Å². The monoisotopic (exact) mass is 1420 g/mol. The Morgan fingerprint density at radius 2 is 0.902 bits per heavy atom. The summed E-state index contributed by atoms with van der Waals surface area (Å²) in [6.07, 6.45) is 3.68. The molecular formula is C74H85N3O25. The molecular weight excluding hydrogens is 1330 g/mol. The fourth-order valence-corrected chi connectivity index (χ4v) is 19.2. The Bertz CT molecular complexity index is 4050. The maximum absolute atomic E-state index is 13.0. The summed E-state index contributed by atoms with van der Waals surface area (Å²) >= 11 is 0. The van der Waals surface area contributed by atoms with E-state index in [1.54, 1.807) is 24.3 Å². The summed E-state index contributed by atoms with van der Waals surface area (Å²) in [5.41, 5.74) is 2.99. The lowest BCUT2D eigenvalue weighted by atomic mass is 9.50. The van der Waals surface area contributed by atoms with Crippen LogP contribution in [0.1, 0.15) is 125 Å². The number of nitrogens with zero attached hydrogens (tertiary/aromatic N) is 3. The van der Waals surface area contributed by atoms with Gasteiger partial charge in [0.15, 0.2) is 29.8 Å². The first-order valence-electron chi connectivity index (χ1n) is 34.4. The molecule has 4 fully saturated rings. The number of aliphatic carboxylic acids is 2. The summed E-state index contributed by atoms with van der Waals surface area (Å²) in [6, 6.07) is 11.6. The van der Waals surface area contributed by atoms with Gasteiger partial charge in [0.2, 0.25) is 18.3 Å². The van der Waals surface area contributed by atoms with Gasteiger partial charge in [-0.05, 0) is 166 Å². The van der Waals surface area contributed by atoms with Crippen molar-refractivity contribution in [3.63, 3.8) is 0 Å². The largest absolute Gasteiger partial charge is 0.509 e. The molecule has 0 radical (unpaired) electrons. The number of phenols is 1. The van der Waals surface area contributed by atoms with Gasteiger partial charge in [-0.25, -0.2) is 14.4 Å². The fourth-order valence-electron chi connectivity index (χ4n) is 19.2. The van der Waals surface area contributed by atoms with Gasteiger partial charge in [0.25, 0.3) is 0 Å². The molecule has 7 heterocycles. The van der Waals surface area contributed by atoms with Crippen LogP contribution in [-0.2, 0) is 107 Å². The van der Waals surface area contributed by atoms with Crippen LogP contribution < -0.4 is 14.2 Å². The standard InChI is InChI=1S/C25H29NO8.C24H27NO9.C18H21NO3.C7H8O5/c1-12-5-6-15-11-17-25(31)8-7-16(33-23(30)13(2)20(22(28)29)32-14(3)27)21-24(25,9-10-26(17)4)18(15)19(12)34-21;1-11(18(21(28)29)32-12(2)26)22(30)33-15-6-7-24(31)16-10-13-4-5-14(27)19-17(13)23(24,20(15)34-19)8-9-25(16)3;1-10-3-4-11-9-13-18(21)6-5-12(20)16-17(18,7-8-19(13)2)14(11)15(10)22-16;1-3-5(11-4(2)8)7(10)12-6(3)9/h5-7,13,17,20-21,31H,8-11H2,1-4H3,(H,28,29);4-6,11,16,18,20,27,31H,7-10H2,1-3H3,(H,28,29);3-5,13,16,20-21H,6-9H2,1-2H3;3,5H,1-2H3/t13-,17-,20-,21+,24+,25-;11-,16-,18-,20+,23+,24-;13-,16+,17+,18-;3-,5-/m1111/s1. The SMILES string of the molecule is CC(=O)O[C@@H](C(=O)O)[C@@H](C)C(=O)OC1=CC[C@@]2(O)[C@H]3Cc4ccc(C)c5c4[C@@]2(CCN3C)[C@H]1O5.CC(=O)O[C@@H](C(=O)O)[C@@H](C)C(=O)OC1=CC[C@@]2(O)[C@H]3Cc4ccc(O)c5c4[C@@]2(CCN3C)[C@H]1O5.CC(=O)O[C@H]1C(=O)OC(=O)[C@@H]1C.Cc1ccc2c3c1O[C@H]1C(O)=CC[C@@]4(O)[C@@H](C2)N(C)CC[C@]314. The average molecular weight is 1420 g/mol. The van der Waals surface area contributed by atoms with E-state index in [-0.39, 0.29) is 59.7 Å². The Morgan fingerprint density at radius 3 is 1.28 bits per heavy atom. The summed E-state index contributed by atoms with van der Waals surface area (Å²) < 4.78 is 48.7. The summed E-state index contributed by atoms with van der Waals surface area (Å²) in [5.74, 6) is -8.95. The number of esters is 7. The summed E-state index contributed by atoms with van der Waals surface area (Å²) in [7, 11) is 6.08. The number of carboxylic acid groups (broad SMARTS) is 2. The van der Waals surface area contributed by atoms with Gasteiger partial charge in [-0.3, -0.25) is 28.8 Å². The highest BCUT2D eigenvalue weighted by atomic mass is 16.6. The third kappa shape index (κ3) is 10.4. The zero-order chi connectivity index (χ0) is 73.7. The zero-order valence-corrected chi connectivity index (χ0v) is 58.4. The number of ether oxygens (including phenoxy) is 9. The van der Waals surface area contributed by atoms with E-state index in [1.165, 1.54) is 38.8 Å². The second kappa shape index (κ2) is 25.2. The van der Waals surface area contributed by atoms with Crippen molar-refractivity contribution in [3.8, 4) is 23.0 Å². The molecule has 7 N–H and O–H groups in total. The van der Waals surface area contributed by atoms with Crippen molar-refractivity contribution in [2.75, 3.05) is 40.8 Å². The average Bonchev–Trinajstić information content (AvgIpc) is 1.45. The van der Waals surface area contributed by atoms with E-state index in [0.717, 1.165) is 84.7 Å². The topological polar surface area (TPSA) is 388 Å². The number of hydrogen-bond acceptors (Lipinski definition) is 26. The summed E-state index contributed by atoms with van der Waals surface area (Å²) in [5, 5.41) is 75.8. The maximum atomic E-state index is 13.0. The normalized spacial score (nSPS) is 34.0. The van der Waals surface area contributed by atoms with Crippen LogP contribution in [0, 0.1) is 31.6 Å². The molecule has 3 aromatic rings. The molecule has 0 unspecified atom stereocenters. The van der Waals surface area contributed by atoms with Crippen molar-refractivity contribution in [1.29, 1.82) is 0 Å². The Balaban J connectivity index is 0.000000128. The molecule has 7 aliphatic heterocycles. The fraction of sp³-hybridized carbons (Fsp3) is 0.554. The Hall–Kier alpha value is -8.93. The first-order valence-corrected chi connectivity index (χ1v) is 34.4. The lowest BCUT2D eigenvalue weighted by molar-refractivity contribution is -0.177. The van der Waals surface area contributed by atoms with Crippen molar-refractivity contribution >= 4 is 53.7 Å². The van der Waals surface area contributed by atoms with Crippen LogP contribution in [0.25, 0.3) is 0 Å². The molecule has 18 atom stereocenters. The molecule has 6 aliphatic carbocycles. The molecule has 16 rings (SSSR count). The zero-order valence-electron chi connectivity index (χ0n) is 58.4. The number of aliphatic hydroxyl groups excluding tert-OH is 1. The molecule has 6 bridgehead atoms. The smallest absolute Gasteiger partial charge is 0.356 e. The van der Waals surface area contributed by atoms with Crippen LogP contribution in [0.4, 0.5) is 0 Å². The number of carbonyl (C=O) groups excluding carboxylic acids is 7. The molecule has 4 saturated heterocycles. The number of likely N-dealkylation sites (N-methyl/N-ethyl adjacent to an activating group) is 3. The number of cyclic esters (lactones) is 2. The minimum absolute atomic E-state index is 0.0536. The van der Waals surface area contributed by atoms with Crippen LogP contribution in [-0.4, -0.2) is 216 Å². The van der Waals surface area contributed by atoms with Gasteiger partial charge >= 0.3 is 53.7 Å². The molecule has 3 spiro atoms. The number of aliphatic hydroxyl groups is 4. The van der Waals surface area contributed by atoms with Crippen molar-refractivity contribution in [2.24, 2.45) is 17.8 Å². The van der Waals surface area contributed by atoms with Gasteiger partial charge in [0, 0.05) is 74.8 Å². The van der Waals surface area contributed by atoms with E-state index in [9.17, 15) is 78.9 Å². The summed E-state index contributed by atoms with van der Waals surface area (Å²) in [6.45, 7) is 13.8. The van der Waals surface area contributed by atoms with E-state index in [4.69, 9.17) is 33.2 Å². The minimum Gasteiger partial charge on any atom is -0.509 e. The number of piperidine rings is 3. The highest BCUT2D eigenvalue weighted by Gasteiger charge is 2.75. The molecule has 28 heteroatoms. The van der Waals surface area contributed by atoms with Gasteiger partial charge in [-0.1, -0.05) is 30.3 Å². The van der Waals surface area contributed by atoms with Crippen LogP contribution in [0.15, 0.2) is 71.9 Å². The maximum Gasteiger partial charge on any atom is 0.356 e. The number of carbonyl (C=O) groups is 9. The number of rotatable bonds is 11. The van der Waals surface area contributed by atoms with Crippen LogP contribution in [0.3, 0.4) is 0 Å². The van der Waals surface area contributed by atoms with Crippen LogP contribution in [0.5, 0.6) is 23.0 Å². The lowest BCUT2D eigenvalue weighted by Crippen LogP contribution is -2.74. The first kappa shape index (κ1) is 71.5. The molecule has 0 saturated carbocycles. The van der Waals surface area contributed by atoms with E-state index in [1.807, 2.05) is 40.1 Å². The van der Waals surface area contributed by atoms with Gasteiger partial charge in [0.05, 0.1) is 33.0 Å². The van der Waals surface area contributed by atoms with Crippen LogP contribution >= 0.6 is 0 Å². The third-order valence-electron chi connectivity index (χ3n) is 24.2. The Labute approximate surface area is 586 Å². The molecule has 3 aromatic carbocycles. The van der Waals surface area contributed by atoms with E-state index >= 15 is 0 Å². The second-order valence-electron chi connectivity index (χ2n) is 29.6. The molecule has 0 amide bonds. The Kier molecular flexibility index (Phi) is 17.7. The first-order chi connectivity index (χ1) is 48.0. The highest BCUT2D eigenvalue weighted by molar-refractivity contribution is 5.98. The van der Waals surface area contributed by atoms with Crippen LogP contribution in [0.2, 0.25) is 0 Å². The number of likely N-dealkylation sites (tertiary alicyclic amines) is 3. The highest BCUT2D eigenvalue weighted by Crippen LogP contribution is 2.68. The van der Waals surface area contributed by atoms with Crippen molar-refractivity contribution in [2.45, 2.75) is 201 Å². The summed E-state index contributed by atoms with van der Waals surface area (Å²) in [4.78, 5) is 110. The van der Waals surface area contributed by atoms with E-state index in [2.05, 4.69) is 49.4 Å². The number of carboxylic acids is 2. The number of phenolic OH excluding ortho intramolecular Hbond substituents is 1. The minimum atomic E-state index is -1.70. The quantitative estimate of drug-likeness (QED) is 0.0815. The van der Waals surface area contributed by atoms with Gasteiger partial charge in [0.1, 0.15) is 46.5 Å². The Morgan fingerprint density at radius 1 is 0.529 bits per heavy atom. The van der Waals surface area contributed by atoms with Gasteiger partial charge < -0.3 is 93.1 Å². The number of aryl methyl sites for hydroxylation is 2. The van der Waals surface area contributed by atoms with Crippen molar-refractivity contribution in [1.82, 2.24) is 14.7 Å². The number of benzene rings is 3. The molecule has 102 heavy (non-hydrogen) atoms. The lowest BCUT2D eigenvalue weighted by Gasteiger charge is -2.61. The van der Waals surface area contributed by atoms with Crippen molar-refractivity contribution in [3.05, 3.63) is 116 Å². The molecule has 0 aromatic heterocycles. The van der Waals surface area contributed by atoms with Gasteiger partial charge in [-0.15, -0.1) is 0 Å². The predicted molar refractivity (Wildman–Crippen MR) is 351 cm³/mol. The third-order valence-corrected chi connectivity index (χ3v) is 24.2. The number of aromatic hydroxyl groups is 1. The van der Waals surface area contributed by atoms with Gasteiger partial charge in [-0.2, -0.15) is 0 Å². The van der Waals surface area contributed by atoms with E-state index < -0.39 is 141 Å². The molecule has 546 valence electrons. The predicted octanol–water partition coefficient (Wildman–Crippen LogP) is 3.80. The van der Waals surface area contributed by atoms with Crippen molar-refractivity contribution < 1.29 is 122 Å². The second-order valence-corrected chi connectivity index (χ2v) is 29.6.